The Labute approximate surface area is 104 Å². The van der Waals surface area contributed by atoms with E-state index in [-0.39, 0.29) is 11.5 Å². The summed E-state index contributed by atoms with van der Waals surface area (Å²) < 4.78 is 0. The Bertz CT molecular complexity index is 597. The minimum absolute atomic E-state index is 0.0301. The number of hydrogen-bond donors (Lipinski definition) is 1. The van der Waals surface area contributed by atoms with E-state index in [1.54, 1.807) is 6.07 Å². The molecule has 0 saturated heterocycles. The van der Waals surface area contributed by atoms with Gasteiger partial charge in [0.15, 0.2) is 5.69 Å². The molecule has 5 heteroatoms. The van der Waals surface area contributed by atoms with Crippen LogP contribution in [0.5, 0.6) is 0 Å². The van der Waals surface area contributed by atoms with Crippen molar-refractivity contribution in [3.8, 4) is 11.3 Å². The molecule has 5 nitrogen and oxygen atoms in total. The Balaban J connectivity index is 2.61. The first-order valence-electron chi connectivity index (χ1n) is 5.62. The van der Waals surface area contributed by atoms with E-state index in [0.29, 0.717) is 11.3 Å². The van der Waals surface area contributed by atoms with Crippen molar-refractivity contribution in [3.63, 3.8) is 0 Å². The van der Waals surface area contributed by atoms with Gasteiger partial charge in [0.25, 0.3) is 5.69 Å². The standard InChI is InChI=1S/C13H13N3O2/c1-2-9-4-3-5-10(8-9)13-11(16(17)18)6-7-12(14)15-13/h3-8H,2H2,1H3,(H2,14,15). The summed E-state index contributed by atoms with van der Waals surface area (Å²) in [5, 5.41) is 11.0. The van der Waals surface area contributed by atoms with Crippen LogP contribution < -0.4 is 5.73 Å². The van der Waals surface area contributed by atoms with Crippen molar-refractivity contribution < 1.29 is 4.92 Å². The van der Waals surface area contributed by atoms with Gasteiger partial charge < -0.3 is 5.73 Å². The molecule has 2 N–H and O–H groups in total. The summed E-state index contributed by atoms with van der Waals surface area (Å²) in [6.07, 6.45) is 0.865. The molecule has 0 aliphatic rings. The van der Waals surface area contributed by atoms with E-state index in [0.717, 1.165) is 12.0 Å². The van der Waals surface area contributed by atoms with Gasteiger partial charge in [-0.2, -0.15) is 0 Å². The minimum Gasteiger partial charge on any atom is -0.384 e. The predicted octanol–water partition coefficient (Wildman–Crippen LogP) is 2.80. The Morgan fingerprint density at radius 1 is 1.33 bits per heavy atom. The van der Waals surface area contributed by atoms with Gasteiger partial charge in [0.2, 0.25) is 0 Å². The lowest BCUT2D eigenvalue weighted by molar-refractivity contribution is -0.384. The number of hydrogen-bond acceptors (Lipinski definition) is 4. The summed E-state index contributed by atoms with van der Waals surface area (Å²) in [5.41, 5.74) is 7.71. The summed E-state index contributed by atoms with van der Waals surface area (Å²) in [6.45, 7) is 2.03. The van der Waals surface area contributed by atoms with Crippen molar-refractivity contribution in [2.45, 2.75) is 13.3 Å². The van der Waals surface area contributed by atoms with Crippen LogP contribution in [-0.4, -0.2) is 9.91 Å². The minimum atomic E-state index is -0.444. The molecule has 1 aromatic carbocycles. The largest absolute Gasteiger partial charge is 0.384 e. The van der Waals surface area contributed by atoms with E-state index in [1.165, 1.54) is 12.1 Å². The molecule has 2 aromatic rings. The van der Waals surface area contributed by atoms with Crippen molar-refractivity contribution in [2.24, 2.45) is 0 Å². The van der Waals surface area contributed by atoms with E-state index in [2.05, 4.69) is 4.98 Å². The quantitative estimate of drug-likeness (QED) is 0.663. The molecule has 1 aromatic heterocycles. The highest BCUT2D eigenvalue weighted by molar-refractivity contribution is 5.71. The highest BCUT2D eigenvalue weighted by Crippen LogP contribution is 2.29. The molecule has 1 heterocycles. The van der Waals surface area contributed by atoms with Crippen LogP contribution in [0.2, 0.25) is 0 Å². The number of aromatic nitrogens is 1. The third kappa shape index (κ3) is 2.29. The van der Waals surface area contributed by atoms with E-state index in [9.17, 15) is 10.1 Å². The second kappa shape index (κ2) is 4.83. The van der Waals surface area contributed by atoms with Gasteiger partial charge in [0.1, 0.15) is 5.82 Å². The number of aryl methyl sites for hydroxylation is 1. The van der Waals surface area contributed by atoms with Crippen molar-refractivity contribution in [1.82, 2.24) is 4.98 Å². The van der Waals surface area contributed by atoms with Crippen LogP contribution in [0.4, 0.5) is 11.5 Å². The second-order valence-electron chi connectivity index (χ2n) is 3.91. The number of benzene rings is 1. The monoisotopic (exact) mass is 243 g/mol. The van der Waals surface area contributed by atoms with E-state index in [4.69, 9.17) is 5.73 Å². The van der Waals surface area contributed by atoms with Crippen molar-refractivity contribution in [2.75, 3.05) is 5.73 Å². The van der Waals surface area contributed by atoms with Gasteiger partial charge in [-0.15, -0.1) is 0 Å². The maximum atomic E-state index is 11.0. The lowest BCUT2D eigenvalue weighted by Gasteiger charge is -2.05. The summed E-state index contributed by atoms with van der Waals surface area (Å²) in [5.74, 6) is 0.275. The first kappa shape index (κ1) is 12.0. The number of nitrogens with zero attached hydrogens (tertiary/aromatic N) is 2. The van der Waals surface area contributed by atoms with Crippen LogP contribution in [0.3, 0.4) is 0 Å². The van der Waals surface area contributed by atoms with Crippen molar-refractivity contribution in [1.29, 1.82) is 0 Å². The zero-order chi connectivity index (χ0) is 13.1. The smallest absolute Gasteiger partial charge is 0.295 e. The summed E-state index contributed by atoms with van der Waals surface area (Å²) >= 11 is 0. The molecular formula is C13H13N3O2. The molecule has 0 spiro atoms. The molecule has 0 atom stereocenters. The molecule has 18 heavy (non-hydrogen) atoms. The van der Waals surface area contributed by atoms with Gasteiger partial charge in [-0.05, 0) is 24.1 Å². The lowest BCUT2D eigenvalue weighted by atomic mass is 10.0. The number of nitrogens with two attached hydrogens (primary N) is 1. The molecule has 0 fully saturated rings. The lowest BCUT2D eigenvalue weighted by Crippen LogP contribution is -1.98. The number of pyridine rings is 1. The Morgan fingerprint density at radius 3 is 2.78 bits per heavy atom. The molecule has 0 saturated carbocycles. The zero-order valence-corrected chi connectivity index (χ0v) is 9.96. The van der Waals surface area contributed by atoms with Gasteiger partial charge in [-0.3, -0.25) is 10.1 Å². The van der Waals surface area contributed by atoms with Crippen molar-refractivity contribution in [3.05, 3.63) is 52.1 Å². The molecule has 0 radical (unpaired) electrons. The first-order chi connectivity index (χ1) is 8.61. The Hall–Kier alpha value is -2.43. The molecule has 0 unspecified atom stereocenters. The van der Waals surface area contributed by atoms with Gasteiger partial charge in [-0.25, -0.2) is 4.98 Å². The highest BCUT2D eigenvalue weighted by atomic mass is 16.6. The fourth-order valence-corrected chi connectivity index (χ4v) is 1.77. The molecule has 92 valence electrons. The van der Waals surface area contributed by atoms with Gasteiger partial charge in [-0.1, -0.05) is 25.1 Å². The number of anilines is 1. The third-order valence-electron chi connectivity index (χ3n) is 2.70. The van der Waals surface area contributed by atoms with Crippen molar-refractivity contribution >= 4 is 11.5 Å². The van der Waals surface area contributed by atoms with Crippen LogP contribution in [0.25, 0.3) is 11.3 Å². The number of nitro groups is 1. The fourth-order valence-electron chi connectivity index (χ4n) is 1.77. The second-order valence-corrected chi connectivity index (χ2v) is 3.91. The molecule has 0 bridgehead atoms. The Kier molecular flexibility index (Phi) is 3.23. The average molecular weight is 243 g/mol. The van der Waals surface area contributed by atoms with Crippen LogP contribution in [0.1, 0.15) is 12.5 Å². The first-order valence-corrected chi connectivity index (χ1v) is 5.62. The topological polar surface area (TPSA) is 82.0 Å². The van der Waals surface area contributed by atoms with E-state index < -0.39 is 4.92 Å². The fraction of sp³-hybridized carbons (Fsp3) is 0.154. The average Bonchev–Trinajstić information content (AvgIpc) is 2.38. The van der Waals surface area contributed by atoms with Crippen LogP contribution >= 0.6 is 0 Å². The van der Waals surface area contributed by atoms with E-state index >= 15 is 0 Å². The maximum Gasteiger partial charge on any atom is 0.295 e. The number of nitrogen functional groups attached to an aromatic ring is 1. The van der Waals surface area contributed by atoms with Crippen LogP contribution in [-0.2, 0) is 6.42 Å². The normalized spacial score (nSPS) is 10.3. The summed E-state index contributed by atoms with van der Waals surface area (Å²) in [4.78, 5) is 14.6. The maximum absolute atomic E-state index is 11.0. The molecule has 0 aliphatic heterocycles. The number of rotatable bonds is 3. The van der Waals surface area contributed by atoms with Gasteiger partial charge in [0.05, 0.1) is 4.92 Å². The molecular weight excluding hydrogens is 230 g/mol. The van der Waals surface area contributed by atoms with Gasteiger partial charge in [0, 0.05) is 11.6 Å². The molecule has 2 rings (SSSR count). The Morgan fingerprint density at radius 2 is 2.11 bits per heavy atom. The SMILES string of the molecule is CCc1cccc(-c2nc(N)ccc2[N+](=O)[O-])c1. The zero-order valence-electron chi connectivity index (χ0n) is 9.96. The molecule has 0 amide bonds. The van der Waals surface area contributed by atoms with E-state index in [1.807, 2.05) is 25.1 Å². The highest BCUT2D eigenvalue weighted by Gasteiger charge is 2.17. The molecule has 0 aliphatic carbocycles. The van der Waals surface area contributed by atoms with Crippen LogP contribution in [0.15, 0.2) is 36.4 Å². The third-order valence-corrected chi connectivity index (χ3v) is 2.70. The van der Waals surface area contributed by atoms with Gasteiger partial charge >= 0.3 is 0 Å². The summed E-state index contributed by atoms with van der Waals surface area (Å²) in [7, 11) is 0. The predicted molar refractivity (Wildman–Crippen MR) is 70.1 cm³/mol. The summed E-state index contributed by atoms with van der Waals surface area (Å²) in [6, 6.07) is 10.4. The van der Waals surface area contributed by atoms with Crippen LogP contribution in [0, 0.1) is 10.1 Å².